The first-order valence-electron chi connectivity index (χ1n) is 7.38. The van der Waals surface area contributed by atoms with Gasteiger partial charge in [-0.15, -0.1) is 0 Å². The molecule has 3 N–H and O–H groups in total. The van der Waals surface area contributed by atoms with Gasteiger partial charge in [0.15, 0.2) is 0 Å². The highest BCUT2D eigenvalue weighted by atomic mass is 16.2. The summed E-state index contributed by atoms with van der Waals surface area (Å²) in [5.41, 5.74) is 0.375. The van der Waals surface area contributed by atoms with E-state index < -0.39 is 0 Å². The Labute approximate surface area is 124 Å². The molecular formula is C14H23N5O2. The van der Waals surface area contributed by atoms with Crippen LogP contribution in [0.3, 0.4) is 0 Å². The van der Waals surface area contributed by atoms with Gasteiger partial charge in [0, 0.05) is 19.2 Å². The molecule has 1 atom stereocenters. The first-order valence-corrected chi connectivity index (χ1v) is 7.38. The van der Waals surface area contributed by atoms with E-state index in [1.165, 1.54) is 18.9 Å². The van der Waals surface area contributed by atoms with Crippen molar-refractivity contribution in [3.63, 3.8) is 0 Å². The van der Waals surface area contributed by atoms with E-state index in [1.54, 1.807) is 6.07 Å². The molecule has 2 amide bonds. The number of likely N-dealkylation sites (tertiary alicyclic amines) is 1. The van der Waals surface area contributed by atoms with Crippen molar-refractivity contribution in [2.24, 2.45) is 5.92 Å². The van der Waals surface area contributed by atoms with Crippen LogP contribution in [0.5, 0.6) is 0 Å². The summed E-state index contributed by atoms with van der Waals surface area (Å²) in [6, 6.07) is 2.79. The van der Waals surface area contributed by atoms with Crippen molar-refractivity contribution in [3.8, 4) is 0 Å². The second kappa shape index (κ2) is 7.78. The largest absolute Gasteiger partial charge is 0.338 e. The molecule has 2 rings (SSSR count). The van der Waals surface area contributed by atoms with E-state index in [1.807, 2.05) is 0 Å². The Morgan fingerprint density at radius 1 is 1.43 bits per heavy atom. The molecule has 2 heterocycles. The summed E-state index contributed by atoms with van der Waals surface area (Å²) in [6.07, 6.45) is 3.61. The van der Waals surface area contributed by atoms with Crippen LogP contribution in [0.1, 0.15) is 25.0 Å². The molecule has 1 saturated heterocycles. The fraction of sp³-hybridized carbons (Fsp3) is 0.643. The zero-order valence-electron chi connectivity index (χ0n) is 12.4. The maximum atomic E-state index is 11.8. The van der Waals surface area contributed by atoms with E-state index >= 15 is 0 Å². The molecule has 21 heavy (non-hydrogen) atoms. The minimum Gasteiger partial charge on any atom is -0.338 e. The molecule has 7 nitrogen and oxygen atoms in total. The second-order valence-corrected chi connectivity index (χ2v) is 5.60. The van der Waals surface area contributed by atoms with Gasteiger partial charge in [0.05, 0.1) is 12.2 Å². The summed E-state index contributed by atoms with van der Waals surface area (Å²) in [5.74, 6) is 0.509. The van der Waals surface area contributed by atoms with Crippen LogP contribution in [0.15, 0.2) is 16.9 Å². The van der Waals surface area contributed by atoms with Crippen LogP contribution in [0.25, 0.3) is 0 Å². The van der Waals surface area contributed by atoms with Gasteiger partial charge in [0.2, 0.25) is 0 Å². The minimum absolute atomic E-state index is 0.199. The van der Waals surface area contributed by atoms with Crippen molar-refractivity contribution in [2.75, 3.05) is 26.7 Å². The number of nitrogens with zero attached hydrogens (tertiary/aromatic N) is 2. The molecule has 116 valence electrons. The minimum atomic E-state index is -0.249. The van der Waals surface area contributed by atoms with Crippen molar-refractivity contribution >= 4 is 6.03 Å². The summed E-state index contributed by atoms with van der Waals surface area (Å²) < 4.78 is 0. The quantitative estimate of drug-likeness (QED) is 0.745. The molecule has 1 aliphatic heterocycles. The lowest BCUT2D eigenvalue weighted by molar-refractivity contribution is 0.234. The molecule has 0 spiro atoms. The summed E-state index contributed by atoms with van der Waals surface area (Å²) in [4.78, 5) is 24.9. The molecule has 1 unspecified atom stereocenters. The van der Waals surface area contributed by atoms with E-state index in [4.69, 9.17) is 0 Å². The SMILES string of the molecule is CN1CCCCC(CNC(=O)NCc2ccc(=O)[nH]n2)C1. The van der Waals surface area contributed by atoms with Gasteiger partial charge in [-0.25, -0.2) is 9.89 Å². The lowest BCUT2D eigenvalue weighted by atomic mass is 10.0. The number of urea groups is 1. The Hall–Kier alpha value is -1.89. The Morgan fingerprint density at radius 2 is 2.29 bits per heavy atom. The summed E-state index contributed by atoms with van der Waals surface area (Å²) in [6.45, 7) is 3.16. The summed E-state index contributed by atoms with van der Waals surface area (Å²) in [7, 11) is 2.13. The van der Waals surface area contributed by atoms with Crippen molar-refractivity contribution in [1.29, 1.82) is 0 Å². The van der Waals surface area contributed by atoms with Gasteiger partial charge in [-0.05, 0) is 38.4 Å². The van der Waals surface area contributed by atoms with Gasteiger partial charge >= 0.3 is 6.03 Å². The maximum Gasteiger partial charge on any atom is 0.315 e. The van der Waals surface area contributed by atoms with E-state index in [0.29, 0.717) is 24.7 Å². The Kier molecular flexibility index (Phi) is 5.74. The first-order chi connectivity index (χ1) is 10.1. The average molecular weight is 293 g/mol. The lowest BCUT2D eigenvalue weighted by Crippen LogP contribution is -2.40. The highest BCUT2D eigenvalue weighted by Gasteiger charge is 2.16. The zero-order chi connectivity index (χ0) is 15.1. The number of nitrogens with one attached hydrogen (secondary N) is 3. The molecular weight excluding hydrogens is 270 g/mol. The Balaban J connectivity index is 1.69. The van der Waals surface area contributed by atoms with Crippen LogP contribution in [-0.2, 0) is 6.54 Å². The third kappa shape index (κ3) is 5.55. The van der Waals surface area contributed by atoms with Crippen molar-refractivity contribution in [3.05, 3.63) is 28.2 Å². The fourth-order valence-corrected chi connectivity index (χ4v) is 2.55. The zero-order valence-corrected chi connectivity index (χ0v) is 12.4. The van der Waals surface area contributed by atoms with E-state index in [2.05, 4.69) is 32.8 Å². The molecule has 1 aliphatic rings. The van der Waals surface area contributed by atoms with Gasteiger partial charge in [0.25, 0.3) is 5.56 Å². The van der Waals surface area contributed by atoms with Crippen LogP contribution in [0.4, 0.5) is 4.79 Å². The number of carbonyl (C=O) groups excluding carboxylic acids is 1. The monoisotopic (exact) mass is 293 g/mol. The van der Waals surface area contributed by atoms with Crippen molar-refractivity contribution in [2.45, 2.75) is 25.8 Å². The summed E-state index contributed by atoms with van der Waals surface area (Å²) in [5, 5.41) is 11.8. The van der Waals surface area contributed by atoms with Crippen LogP contribution in [-0.4, -0.2) is 47.8 Å². The number of aromatic amines is 1. The van der Waals surface area contributed by atoms with E-state index in [0.717, 1.165) is 19.5 Å². The topological polar surface area (TPSA) is 90.1 Å². The molecule has 0 radical (unpaired) electrons. The van der Waals surface area contributed by atoms with E-state index in [9.17, 15) is 9.59 Å². The van der Waals surface area contributed by atoms with Crippen LogP contribution >= 0.6 is 0 Å². The Morgan fingerprint density at radius 3 is 3.05 bits per heavy atom. The smallest absolute Gasteiger partial charge is 0.315 e. The van der Waals surface area contributed by atoms with Gasteiger partial charge in [-0.2, -0.15) is 5.10 Å². The molecule has 0 aromatic carbocycles. The molecule has 0 aliphatic carbocycles. The Bertz CT molecular complexity index is 496. The highest BCUT2D eigenvalue weighted by molar-refractivity contribution is 5.73. The lowest BCUT2D eigenvalue weighted by Gasteiger charge is -2.20. The number of aromatic nitrogens is 2. The third-order valence-electron chi connectivity index (χ3n) is 3.69. The number of amides is 2. The molecule has 0 bridgehead atoms. The standard InChI is InChI=1S/C14H23N5O2/c1-19-7-3-2-4-11(10-19)8-15-14(21)16-9-12-5-6-13(20)18-17-12/h5-6,11H,2-4,7-10H2,1H3,(H,18,20)(H2,15,16,21). The number of H-pyrrole nitrogens is 1. The highest BCUT2D eigenvalue weighted by Crippen LogP contribution is 2.14. The van der Waals surface area contributed by atoms with Crippen LogP contribution in [0, 0.1) is 5.92 Å². The van der Waals surface area contributed by atoms with Crippen LogP contribution in [0.2, 0.25) is 0 Å². The number of carbonyl (C=O) groups is 1. The molecule has 0 saturated carbocycles. The molecule has 1 aromatic rings. The summed E-state index contributed by atoms with van der Waals surface area (Å²) >= 11 is 0. The molecule has 1 aromatic heterocycles. The normalized spacial score (nSPS) is 19.8. The number of hydrogen-bond acceptors (Lipinski definition) is 4. The second-order valence-electron chi connectivity index (χ2n) is 5.60. The number of rotatable bonds is 4. The van der Waals surface area contributed by atoms with Crippen molar-refractivity contribution in [1.82, 2.24) is 25.7 Å². The van der Waals surface area contributed by atoms with Crippen LogP contribution < -0.4 is 16.2 Å². The maximum absolute atomic E-state index is 11.8. The van der Waals surface area contributed by atoms with Gasteiger partial charge in [0.1, 0.15) is 0 Å². The predicted molar refractivity (Wildman–Crippen MR) is 79.9 cm³/mol. The average Bonchev–Trinajstić information content (AvgIpc) is 2.69. The third-order valence-corrected chi connectivity index (χ3v) is 3.69. The fourth-order valence-electron chi connectivity index (χ4n) is 2.55. The van der Waals surface area contributed by atoms with Gasteiger partial charge in [-0.1, -0.05) is 6.42 Å². The van der Waals surface area contributed by atoms with Gasteiger partial charge < -0.3 is 15.5 Å². The number of hydrogen-bond donors (Lipinski definition) is 3. The first kappa shape index (κ1) is 15.5. The van der Waals surface area contributed by atoms with Gasteiger partial charge in [-0.3, -0.25) is 4.79 Å². The molecule has 1 fully saturated rings. The van der Waals surface area contributed by atoms with E-state index in [-0.39, 0.29) is 11.6 Å². The van der Waals surface area contributed by atoms with Crippen molar-refractivity contribution < 1.29 is 4.79 Å². The molecule has 7 heteroatoms. The predicted octanol–water partition coefficient (Wildman–Crippen LogP) is 0.301.